The number of carbonyl (C=O) groups is 1. The van der Waals surface area contributed by atoms with Crippen molar-refractivity contribution in [2.45, 2.75) is 19.5 Å². The summed E-state index contributed by atoms with van der Waals surface area (Å²) < 4.78 is 15.0. The summed E-state index contributed by atoms with van der Waals surface area (Å²) in [7, 11) is 0. The van der Waals surface area contributed by atoms with Crippen molar-refractivity contribution in [3.05, 3.63) is 72.4 Å². The van der Waals surface area contributed by atoms with Gasteiger partial charge in [-0.25, -0.2) is 4.39 Å². The standard InChI is InChI=1S/C18H17FN4O/c1-13(12-23-9-3-8-21-23)22-18(24)15-6-7-17(20-11-15)14-4-2-5-16(19)10-14/h2-11,13H,12H2,1H3,(H,22,24). The minimum absolute atomic E-state index is 0.0692. The number of pyridine rings is 1. The first-order chi connectivity index (χ1) is 11.6. The van der Waals surface area contributed by atoms with Crippen molar-refractivity contribution in [1.82, 2.24) is 20.1 Å². The molecule has 3 aromatic rings. The molecule has 0 saturated heterocycles. The van der Waals surface area contributed by atoms with Crippen LogP contribution in [0.2, 0.25) is 0 Å². The van der Waals surface area contributed by atoms with E-state index in [4.69, 9.17) is 0 Å². The molecule has 0 aliphatic rings. The number of rotatable bonds is 5. The van der Waals surface area contributed by atoms with Gasteiger partial charge in [0, 0.05) is 30.2 Å². The summed E-state index contributed by atoms with van der Waals surface area (Å²) in [6, 6.07) is 11.4. The maximum atomic E-state index is 13.3. The van der Waals surface area contributed by atoms with Gasteiger partial charge in [-0.3, -0.25) is 14.5 Å². The highest BCUT2D eigenvalue weighted by atomic mass is 19.1. The quantitative estimate of drug-likeness (QED) is 0.785. The third-order valence-electron chi connectivity index (χ3n) is 3.54. The molecule has 6 heteroatoms. The summed E-state index contributed by atoms with van der Waals surface area (Å²) >= 11 is 0. The second kappa shape index (κ2) is 7.04. The van der Waals surface area contributed by atoms with Crippen LogP contribution in [0.5, 0.6) is 0 Å². The minimum atomic E-state index is -0.316. The summed E-state index contributed by atoms with van der Waals surface area (Å²) in [6.45, 7) is 2.50. The first-order valence-corrected chi connectivity index (χ1v) is 7.62. The van der Waals surface area contributed by atoms with E-state index in [1.807, 2.05) is 19.2 Å². The first kappa shape index (κ1) is 15.9. The highest BCUT2D eigenvalue weighted by molar-refractivity contribution is 5.94. The molecule has 0 spiro atoms. The molecule has 1 atom stereocenters. The van der Waals surface area contributed by atoms with Gasteiger partial charge in [-0.2, -0.15) is 5.10 Å². The second-order valence-corrected chi connectivity index (χ2v) is 5.55. The number of nitrogens with zero attached hydrogens (tertiary/aromatic N) is 3. The molecule has 2 heterocycles. The molecule has 24 heavy (non-hydrogen) atoms. The van der Waals surface area contributed by atoms with E-state index in [2.05, 4.69) is 15.4 Å². The number of aromatic nitrogens is 3. The molecule has 1 N–H and O–H groups in total. The smallest absolute Gasteiger partial charge is 0.253 e. The molecule has 0 bridgehead atoms. The van der Waals surface area contributed by atoms with Crippen molar-refractivity contribution in [1.29, 1.82) is 0 Å². The Labute approximate surface area is 139 Å². The van der Waals surface area contributed by atoms with Gasteiger partial charge >= 0.3 is 0 Å². The molecule has 122 valence electrons. The van der Waals surface area contributed by atoms with Crippen LogP contribution in [0.4, 0.5) is 4.39 Å². The summed E-state index contributed by atoms with van der Waals surface area (Å²) in [5.41, 5.74) is 1.76. The van der Waals surface area contributed by atoms with Crippen LogP contribution in [0.1, 0.15) is 17.3 Å². The molecule has 1 unspecified atom stereocenters. The summed E-state index contributed by atoms with van der Waals surface area (Å²) in [6.07, 6.45) is 5.04. The monoisotopic (exact) mass is 324 g/mol. The van der Waals surface area contributed by atoms with Crippen LogP contribution < -0.4 is 5.32 Å². The van der Waals surface area contributed by atoms with Crippen molar-refractivity contribution in [3.8, 4) is 11.3 Å². The van der Waals surface area contributed by atoms with Gasteiger partial charge in [-0.1, -0.05) is 12.1 Å². The molecular formula is C18H17FN4O. The van der Waals surface area contributed by atoms with Gasteiger partial charge in [-0.15, -0.1) is 0 Å². The van der Waals surface area contributed by atoms with Crippen LogP contribution in [0.3, 0.4) is 0 Å². The lowest BCUT2D eigenvalue weighted by atomic mass is 10.1. The van der Waals surface area contributed by atoms with Crippen molar-refractivity contribution in [2.75, 3.05) is 0 Å². The Kier molecular flexibility index (Phi) is 4.65. The fourth-order valence-corrected chi connectivity index (χ4v) is 2.39. The third kappa shape index (κ3) is 3.84. The molecule has 2 aromatic heterocycles. The largest absolute Gasteiger partial charge is 0.348 e. The van der Waals surface area contributed by atoms with Crippen LogP contribution >= 0.6 is 0 Å². The highest BCUT2D eigenvalue weighted by Gasteiger charge is 2.11. The van der Waals surface area contributed by atoms with E-state index in [1.54, 1.807) is 35.1 Å². The zero-order chi connectivity index (χ0) is 16.9. The van der Waals surface area contributed by atoms with Crippen LogP contribution in [0.15, 0.2) is 61.1 Å². The zero-order valence-corrected chi connectivity index (χ0v) is 13.2. The van der Waals surface area contributed by atoms with Crippen LogP contribution in [0, 0.1) is 5.82 Å². The lowest BCUT2D eigenvalue weighted by Gasteiger charge is -2.14. The van der Waals surface area contributed by atoms with E-state index in [0.717, 1.165) is 0 Å². The molecule has 1 aromatic carbocycles. The maximum Gasteiger partial charge on any atom is 0.253 e. The van der Waals surface area contributed by atoms with Crippen molar-refractivity contribution in [3.63, 3.8) is 0 Å². The van der Waals surface area contributed by atoms with Gasteiger partial charge in [0.05, 0.1) is 17.8 Å². The first-order valence-electron chi connectivity index (χ1n) is 7.62. The van der Waals surface area contributed by atoms with Gasteiger partial charge in [0.2, 0.25) is 0 Å². The molecule has 0 radical (unpaired) electrons. The van der Waals surface area contributed by atoms with Crippen LogP contribution in [-0.2, 0) is 6.54 Å². The number of hydrogen-bond donors (Lipinski definition) is 1. The Morgan fingerprint density at radius 1 is 1.29 bits per heavy atom. The fourth-order valence-electron chi connectivity index (χ4n) is 2.39. The Hall–Kier alpha value is -3.02. The van der Waals surface area contributed by atoms with E-state index >= 15 is 0 Å². The van der Waals surface area contributed by atoms with Gasteiger partial charge in [-0.05, 0) is 37.3 Å². The van der Waals surface area contributed by atoms with Crippen LogP contribution in [-0.4, -0.2) is 26.7 Å². The number of carbonyl (C=O) groups excluding carboxylic acids is 1. The molecule has 0 aliphatic carbocycles. The predicted octanol–water partition coefficient (Wildman–Crippen LogP) is 2.90. The molecule has 0 saturated carbocycles. The van der Waals surface area contributed by atoms with Gasteiger partial charge < -0.3 is 5.32 Å². The van der Waals surface area contributed by atoms with Gasteiger partial charge in [0.1, 0.15) is 5.82 Å². The molecule has 3 rings (SSSR count). The number of amides is 1. The van der Waals surface area contributed by atoms with E-state index in [1.165, 1.54) is 18.3 Å². The predicted molar refractivity (Wildman–Crippen MR) is 88.8 cm³/mol. The number of halogens is 1. The zero-order valence-electron chi connectivity index (χ0n) is 13.2. The maximum absolute atomic E-state index is 13.3. The Morgan fingerprint density at radius 2 is 2.17 bits per heavy atom. The Bertz CT molecular complexity index is 815. The lowest BCUT2D eigenvalue weighted by molar-refractivity contribution is 0.0935. The summed E-state index contributed by atoms with van der Waals surface area (Å²) in [5, 5.41) is 7.01. The second-order valence-electron chi connectivity index (χ2n) is 5.55. The average Bonchev–Trinajstić information content (AvgIpc) is 3.07. The number of benzene rings is 1. The van der Waals surface area contributed by atoms with Crippen molar-refractivity contribution >= 4 is 5.91 Å². The minimum Gasteiger partial charge on any atom is -0.348 e. The lowest BCUT2D eigenvalue weighted by Crippen LogP contribution is -2.35. The number of nitrogens with one attached hydrogen (secondary N) is 1. The van der Waals surface area contributed by atoms with E-state index in [-0.39, 0.29) is 17.8 Å². The third-order valence-corrected chi connectivity index (χ3v) is 3.54. The highest BCUT2D eigenvalue weighted by Crippen LogP contribution is 2.17. The molecule has 0 aliphatic heterocycles. The normalized spacial score (nSPS) is 11.9. The summed E-state index contributed by atoms with van der Waals surface area (Å²) in [5.74, 6) is -0.517. The van der Waals surface area contributed by atoms with E-state index in [9.17, 15) is 9.18 Å². The topological polar surface area (TPSA) is 59.8 Å². The van der Waals surface area contributed by atoms with Crippen molar-refractivity contribution in [2.24, 2.45) is 0 Å². The molecule has 5 nitrogen and oxygen atoms in total. The summed E-state index contributed by atoms with van der Waals surface area (Å²) in [4.78, 5) is 16.5. The molecule has 0 fully saturated rings. The fraction of sp³-hybridized carbons (Fsp3) is 0.167. The van der Waals surface area contributed by atoms with E-state index in [0.29, 0.717) is 23.4 Å². The van der Waals surface area contributed by atoms with E-state index < -0.39 is 0 Å². The van der Waals surface area contributed by atoms with Crippen molar-refractivity contribution < 1.29 is 9.18 Å². The Morgan fingerprint density at radius 3 is 2.83 bits per heavy atom. The van der Waals surface area contributed by atoms with Gasteiger partial charge in [0.15, 0.2) is 0 Å². The average molecular weight is 324 g/mol. The number of hydrogen-bond acceptors (Lipinski definition) is 3. The van der Waals surface area contributed by atoms with Crippen LogP contribution in [0.25, 0.3) is 11.3 Å². The molecular weight excluding hydrogens is 307 g/mol. The SMILES string of the molecule is CC(Cn1cccn1)NC(=O)c1ccc(-c2cccc(F)c2)nc1. The Balaban J connectivity index is 1.65. The molecule has 1 amide bonds. The van der Waals surface area contributed by atoms with Gasteiger partial charge in [0.25, 0.3) is 5.91 Å².